The second-order valence-electron chi connectivity index (χ2n) is 1.39. The van der Waals surface area contributed by atoms with Gasteiger partial charge in [-0.3, -0.25) is 0 Å². The number of halogens is 2. The van der Waals surface area contributed by atoms with E-state index in [2.05, 4.69) is 0 Å². The van der Waals surface area contributed by atoms with Crippen LogP contribution in [-0.2, 0) is 32.7 Å². The van der Waals surface area contributed by atoms with Gasteiger partial charge in [-0.25, -0.2) is 0 Å². The average molecular weight is 224 g/mol. The van der Waals surface area contributed by atoms with E-state index in [9.17, 15) is 0 Å². The summed E-state index contributed by atoms with van der Waals surface area (Å²) in [6.07, 6.45) is 7.08. The molecule has 3 heteroatoms. The molecule has 0 aromatic heterocycles. The molecule has 1 aliphatic carbocycles. The van der Waals surface area contributed by atoms with E-state index in [4.69, 9.17) is 23.2 Å². The largest absolute Gasteiger partial charge is 0.155 e. The summed E-state index contributed by atoms with van der Waals surface area (Å²) < 4.78 is -0.722. The number of hydrogen-bond acceptors (Lipinski definition) is 0. The van der Waals surface area contributed by atoms with Crippen molar-refractivity contribution in [2.24, 2.45) is 0 Å². The second kappa shape index (κ2) is 3.36. The van der Waals surface area contributed by atoms with Crippen LogP contribution in [0.4, 0.5) is 0 Å². The van der Waals surface area contributed by atoms with Crippen LogP contribution in [0.25, 0.3) is 0 Å². The van der Waals surface area contributed by atoms with Crippen molar-refractivity contribution in [1.82, 2.24) is 0 Å². The maximum absolute atomic E-state index is 5.56. The Morgan fingerprint density at radius 2 is 1.38 bits per heavy atom. The molecular weight excluding hydrogens is 220 g/mol. The first-order valence-corrected chi connectivity index (χ1v) is 2.71. The molecule has 0 fully saturated rings. The van der Waals surface area contributed by atoms with Crippen molar-refractivity contribution in [2.45, 2.75) is 4.33 Å². The van der Waals surface area contributed by atoms with E-state index in [1.165, 1.54) is 0 Å². The Morgan fingerprint density at radius 1 is 1.00 bits per heavy atom. The predicted molar refractivity (Wildman–Crippen MR) is 32.7 cm³/mol. The Bertz CT molecular complexity index is 112. The molecule has 0 saturated heterocycles. The van der Waals surface area contributed by atoms with Crippen molar-refractivity contribution in [1.29, 1.82) is 0 Å². The van der Waals surface area contributed by atoms with Gasteiger partial charge in [0.15, 0.2) is 4.33 Å². The van der Waals surface area contributed by atoms with Gasteiger partial charge < -0.3 is 0 Å². The Labute approximate surface area is 83.8 Å². The number of alkyl halides is 2. The summed E-state index contributed by atoms with van der Waals surface area (Å²) in [5.74, 6) is 0. The molecule has 0 aromatic rings. The molecule has 0 bridgehead atoms. The Hall–Kier alpha value is 1.16. The Morgan fingerprint density at radius 3 is 1.50 bits per heavy atom. The van der Waals surface area contributed by atoms with Gasteiger partial charge in [0.05, 0.1) is 0 Å². The predicted octanol–water partition coefficient (Wildman–Crippen LogP) is 2.28. The molecule has 0 amide bonds. The first kappa shape index (κ1) is 9.16. The molecule has 1 aliphatic rings. The van der Waals surface area contributed by atoms with Gasteiger partial charge in [-0.1, -0.05) is 35.4 Å². The molecule has 41 valence electrons. The zero-order chi connectivity index (χ0) is 5.33. The normalized spacial score (nSPS) is 20.8. The third-order valence-electron chi connectivity index (χ3n) is 0.748. The summed E-state index contributed by atoms with van der Waals surface area (Å²) >= 11 is 11.1. The fourth-order valence-electron chi connectivity index (χ4n) is 0.423. The van der Waals surface area contributed by atoms with E-state index in [1.807, 2.05) is 12.2 Å². The van der Waals surface area contributed by atoms with Crippen LogP contribution >= 0.6 is 23.2 Å². The van der Waals surface area contributed by atoms with Crippen molar-refractivity contribution in [3.8, 4) is 0 Å². The third kappa shape index (κ3) is 2.63. The van der Waals surface area contributed by atoms with Gasteiger partial charge in [0.25, 0.3) is 0 Å². The fourth-order valence-corrected chi connectivity index (χ4v) is 0.714. The van der Waals surface area contributed by atoms with Crippen LogP contribution in [0.15, 0.2) is 24.3 Å². The van der Waals surface area contributed by atoms with Gasteiger partial charge in [-0.15, -0.1) is 0 Å². The number of hydrogen-bond donors (Lipinski definition) is 0. The van der Waals surface area contributed by atoms with Crippen LogP contribution in [0.1, 0.15) is 0 Å². The first-order chi connectivity index (χ1) is 3.21. The first-order valence-electron chi connectivity index (χ1n) is 1.96. The maximum atomic E-state index is 5.56. The standard InChI is InChI=1S/C5H4Cl2.Y/c6-5(7)3-1-2-4-5;/h1-4H;. The summed E-state index contributed by atoms with van der Waals surface area (Å²) in [5.41, 5.74) is 0. The summed E-state index contributed by atoms with van der Waals surface area (Å²) in [7, 11) is 0. The van der Waals surface area contributed by atoms with E-state index in [0.717, 1.165) is 0 Å². The Balaban J connectivity index is 0.000000490. The smallest absolute Gasteiger partial charge is 0.0923 e. The minimum Gasteiger partial charge on any atom is -0.0923 e. The molecule has 1 rings (SSSR count). The number of rotatable bonds is 0. The zero-order valence-corrected chi connectivity index (χ0v) is 8.49. The van der Waals surface area contributed by atoms with Crippen LogP contribution in [0.3, 0.4) is 0 Å². The van der Waals surface area contributed by atoms with Crippen molar-refractivity contribution < 1.29 is 32.7 Å². The third-order valence-corrected chi connectivity index (χ3v) is 1.25. The molecule has 0 nitrogen and oxygen atoms in total. The summed E-state index contributed by atoms with van der Waals surface area (Å²) in [6, 6.07) is 0. The minimum atomic E-state index is -0.722. The molecule has 0 saturated carbocycles. The van der Waals surface area contributed by atoms with E-state index < -0.39 is 4.33 Å². The SMILES string of the molecule is ClC1(Cl)C=CC=C1.[Y]. The molecule has 0 atom stereocenters. The zero-order valence-electron chi connectivity index (χ0n) is 4.14. The van der Waals surface area contributed by atoms with Crippen molar-refractivity contribution in [3.05, 3.63) is 24.3 Å². The molecule has 0 spiro atoms. The monoisotopic (exact) mass is 223 g/mol. The van der Waals surface area contributed by atoms with E-state index >= 15 is 0 Å². The van der Waals surface area contributed by atoms with Crippen LogP contribution in [0.2, 0.25) is 0 Å². The molecule has 8 heavy (non-hydrogen) atoms. The van der Waals surface area contributed by atoms with E-state index in [0.29, 0.717) is 0 Å². The van der Waals surface area contributed by atoms with Crippen molar-refractivity contribution >= 4 is 23.2 Å². The van der Waals surface area contributed by atoms with Gasteiger partial charge >= 0.3 is 0 Å². The molecule has 0 unspecified atom stereocenters. The minimum absolute atomic E-state index is 0. The topological polar surface area (TPSA) is 0 Å². The van der Waals surface area contributed by atoms with Crippen molar-refractivity contribution in [3.63, 3.8) is 0 Å². The van der Waals surface area contributed by atoms with Gasteiger partial charge in [0.2, 0.25) is 0 Å². The van der Waals surface area contributed by atoms with Crippen LogP contribution in [0, 0.1) is 0 Å². The van der Waals surface area contributed by atoms with Gasteiger partial charge in [0, 0.05) is 32.7 Å². The van der Waals surface area contributed by atoms with E-state index in [1.54, 1.807) is 12.2 Å². The molecule has 0 aliphatic heterocycles. The van der Waals surface area contributed by atoms with Crippen LogP contribution in [0.5, 0.6) is 0 Å². The van der Waals surface area contributed by atoms with Gasteiger partial charge in [0.1, 0.15) is 0 Å². The molecule has 1 radical (unpaired) electrons. The second-order valence-corrected chi connectivity index (χ2v) is 2.84. The van der Waals surface area contributed by atoms with E-state index in [-0.39, 0.29) is 32.7 Å². The molecule has 0 heterocycles. The Kier molecular flexibility index (Phi) is 3.85. The van der Waals surface area contributed by atoms with Gasteiger partial charge in [-0.2, -0.15) is 0 Å². The number of allylic oxidation sites excluding steroid dienone is 4. The molecule has 0 N–H and O–H groups in total. The van der Waals surface area contributed by atoms with Crippen LogP contribution < -0.4 is 0 Å². The van der Waals surface area contributed by atoms with Gasteiger partial charge in [-0.05, 0) is 12.2 Å². The average Bonchev–Trinajstić information content (AvgIpc) is 1.84. The van der Waals surface area contributed by atoms with Crippen molar-refractivity contribution in [2.75, 3.05) is 0 Å². The summed E-state index contributed by atoms with van der Waals surface area (Å²) in [6.45, 7) is 0. The maximum Gasteiger partial charge on any atom is 0.155 e. The summed E-state index contributed by atoms with van der Waals surface area (Å²) in [5, 5.41) is 0. The quantitative estimate of drug-likeness (QED) is 0.553. The van der Waals surface area contributed by atoms with Crippen LogP contribution in [-0.4, -0.2) is 4.33 Å². The summed E-state index contributed by atoms with van der Waals surface area (Å²) in [4.78, 5) is 0. The fraction of sp³-hybridized carbons (Fsp3) is 0.200. The molecule has 0 aromatic carbocycles. The molecular formula is C5H4Cl2Y.